The van der Waals surface area contributed by atoms with Crippen LogP contribution in [0.3, 0.4) is 0 Å². The Kier molecular flexibility index (Phi) is 6.02. The van der Waals surface area contributed by atoms with Crippen molar-refractivity contribution < 1.29 is 9.53 Å². The van der Waals surface area contributed by atoms with Crippen molar-refractivity contribution in [1.82, 2.24) is 15.1 Å². The van der Waals surface area contributed by atoms with Crippen molar-refractivity contribution in [2.24, 2.45) is 0 Å². The summed E-state index contributed by atoms with van der Waals surface area (Å²) in [6.07, 6.45) is 0.896. The van der Waals surface area contributed by atoms with Crippen LogP contribution in [0.5, 0.6) is 5.75 Å². The molecule has 0 unspecified atom stereocenters. The molecule has 0 aromatic heterocycles. The zero-order chi connectivity index (χ0) is 15.1. The van der Waals surface area contributed by atoms with Crippen LogP contribution in [0.4, 0.5) is 0 Å². The first-order chi connectivity index (χ1) is 10.2. The topological polar surface area (TPSA) is 44.8 Å². The first-order valence-corrected chi connectivity index (χ1v) is 7.49. The summed E-state index contributed by atoms with van der Waals surface area (Å²) in [4.78, 5) is 16.2. The summed E-state index contributed by atoms with van der Waals surface area (Å²) < 4.78 is 5.20. The highest BCUT2D eigenvalue weighted by Crippen LogP contribution is 2.12. The Hall–Kier alpha value is -1.59. The molecule has 1 saturated heterocycles. The smallest absolute Gasteiger partial charge is 0.236 e. The van der Waals surface area contributed by atoms with E-state index < -0.39 is 0 Å². The van der Waals surface area contributed by atoms with Crippen molar-refractivity contribution in [2.45, 2.75) is 6.42 Å². The van der Waals surface area contributed by atoms with E-state index in [0.29, 0.717) is 6.54 Å². The van der Waals surface area contributed by atoms with E-state index >= 15 is 0 Å². The van der Waals surface area contributed by atoms with Crippen LogP contribution in [0, 0.1) is 0 Å². The molecule has 1 fully saturated rings. The van der Waals surface area contributed by atoms with Gasteiger partial charge in [-0.25, -0.2) is 0 Å². The molecule has 0 spiro atoms. The molecule has 1 aromatic carbocycles. The van der Waals surface area contributed by atoms with Gasteiger partial charge in [0.25, 0.3) is 0 Å². The fraction of sp³-hybridized carbons (Fsp3) is 0.562. The third-order valence-electron chi connectivity index (χ3n) is 3.86. The van der Waals surface area contributed by atoms with E-state index in [2.05, 4.69) is 23.3 Å². The Balaban J connectivity index is 1.66. The second-order valence-corrected chi connectivity index (χ2v) is 5.46. The molecule has 2 rings (SSSR count). The molecule has 1 amide bonds. The molecule has 0 radical (unpaired) electrons. The Labute approximate surface area is 126 Å². The van der Waals surface area contributed by atoms with Gasteiger partial charge in [-0.3, -0.25) is 4.79 Å². The minimum Gasteiger partial charge on any atom is -0.497 e. The lowest BCUT2D eigenvalue weighted by Crippen LogP contribution is -2.49. The van der Waals surface area contributed by atoms with Crippen LogP contribution in [0.2, 0.25) is 0 Å². The second-order valence-electron chi connectivity index (χ2n) is 5.46. The number of carbonyl (C=O) groups excluding carboxylic acids is 1. The molecule has 1 aliphatic heterocycles. The fourth-order valence-electron chi connectivity index (χ4n) is 2.42. The molecule has 1 aliphatic rings. The van der Waals surface area contributed by atoms with Gasteiger partial charge in [-0.15, -0.1) is 0 Å². The molecule has 0 aliphatic carbocycles. The van der Waals surface area contributed by atoms with E-state index in [1.807, 2.05) is 23.1 Å². The number of carbonyl (C=O) groups is 1. The van der Waals surface area contributed by atoms with Gasteiger partial charge in [0.15, 0.2) is 0 Å². The van der Waals surface area contributed by atoms with Crippen LogP contribution in [0.1, 0.15) is 5.56 Å². The van der Waals surface area contributed by atoms with E-state index in [1.54, 1.807) is 7.11 Å². The van der Waals surface area contributed by atoms with E-state index in [4.69, 9.17) is 4.74 Å². The van der Waals surface area contributed by atoms with E-state index in [0.717, 1.165) is 44.9 Å². The van der Waals surface area contributed by atoms with Crippen LogP contribution in [-0.4, -0.2) is 69.1 Å². The highest BCUT2D eigenvalue weighted by atomic mass is 16.5. The standard InChI is InChI=1S/C16H25N3O2/c1-18-8-10-19(11-9-18)16(20)13-17-7-6-14-4-3-5-15(12-14)21-2/h3-5,12,17H,6-11,13H2,1-2H3. The number of hydrogen-bond donors (Lipinski definition) is 1. The summed E-state index contributed by atoms with van der Waals surface area (Å²) >= 11 is 0. The number of nitrogens with one attached hydrogen (secondary N) is 1. The van der Waals surface area contributed by atoms with Crippen LogP contribution < -0.4 is 10.1 Å². The quantitative estimate of drug-likeness (QED) is 0.780. The number of rotatable bonds is 6. The second kappa shape index (κ2) is 8.00. The number of benzene rings is 1. The Morgan fingerprint density at radius 3 is 2.76 bits per heavy atom. The minimum atomic E-state index is 0.203. The molecule has 0 saturated carbocycles. The molecule has 0 atom stereocenters. The molecule has 5 heteroatoms. The summed E-state index contributed by atoms with van der Waals surface area (Å²) in [6, 6.07) is 8.04. The average Bonchev–Trinajstić information content (AvgIpc) is 2.52. The number of likely N-dealkylation sites (N-methyl/N-ethyl adjacent to an activating group) is 1. The Morgan fingerprint density at radius 1 is 1.29 bits per heavy atom. The number of methoxy groups -OCH3 is 1. The van der Waals surface area contributed by atoms with E-state index in [9.17, 15) is 4.79 Å². The minimum absolute atomic E-state index is 0.203. The summed E-state index contributed by atoms with van der Waals surface area (Å²) in [5.41, 5.74) is 1.22. The van der Waals surface area contributed by atoms with Gasteiger partial charge in [-0.1, -0.05) is 12.1 Å². The predicted octanol–water partition coefficient (Wildman–Crippen LogP) is 0.601. The number of ether oxygens (including phenoxy) is 1. The lowest BCUT2D eigenvalue weighted by Gasteiger charge is -2.32. The molecule has 1 N–H and O–H groups in total. The monoisotopic (exact) mass is 291 g/mol. The van der Waals surface area contributed by atoms with E-state index in [1.165, 1.54) is 5.56 Å². The van der Waals surface area contributed by atoms with Crippen molar-refractivity contribution >= 4 is 5.91 Å². The van der Waals surface area contributed by atoms with Crippen LogP contribution >= 0.6 is 0 Å². The number of hydrogen-bond acceptors (Lipinski definition) is 4. The first kappa shape index (κ1) is 15.8. The summed E-state index contributed by atoms with van der Waals surface area (Å²) in [6.45, 7) is 4.84. The molecule has 0 bridgehead atoms. The normalized spacial score (nSPS) is 16.0. The van der Waals surface area contributed by atoms with Crippen molar-refractivity contribution in [1.29, 1.82) is 0 Å². The first-order valence-electron chi connectivity index (χ1n) is 7.49. The molecular weight excluding hydrogens is 266 g/mol. The molecule has 21 heavy (non-hydrogen) atoms. The zero-order valence-electron chi connectivity index (χ0n) is 13.0. The van der Waals surface area contributed by atoms with Gasteiger partial charge < -0.3 is 19.9 Å². The van der Waals surface area contributed by atoms with Crippen molar-refractivity contribution in [2.75, 3.05) is 53.4 Å². The SMILES string of the molecule is COc1cccc(CCNCC(=O)N2CCN(C)CC2)c1. The third-order valence-corrected chi connectivity index (χ3v) is 3.86. The van der Waals surface area contributed by atoms with Gasteiger partial charge in [-0.05, 0) is 37.7 Å². The number of amides is 1. The van der Waals surface area contributed by atoms with Gasteiger partial charge in [-0.2, -0.15) is 0 Å². The highest BCUT2D eigenvalue weighted by molar-refractivity contribution is 5.78. The average molecular weight is 291 g/mol. The summed E-state index contributed by atoms with van der Waals surface area (Å²) in [7, 11) is 3.76. The molecule has 5 nitrogen and oxygen atoms in total. The highest BCUT2D eigenvalue weighted by Gasteiger charge is 2.18. The summed E-state index contributed by atoms with van der Waals surface area (Å²) in [5.74, 6) is 1.08. The largest absolute Gasteiger partial charge is 0.497 e. The Morgan fingerprint density at radius 2 is 2.05 bits per heavy atom. The fourth-order valence-corrected chi connectivity index (χ4v) is 2.42. The van der Waals surface area contributed by atoms with Crippen LogP contribution in [-0.2, 0) is 11.2 Å². The maximum Gasteiger partial charge on any atom is 0.236 e. The maximum absolute atomic E-state index is 12.0. The molecule has 1 heterocycles. The number of piperazine rings is 1. The number of nitrogens with zero attached hydrogens (tertiary/aromatic N) is 2. The van der Waals surface area contributed by atoms with Crippen molar-refractivity contribution in [3.8, 4) is 5.75 Å². The summed E-state index contributed by atoms with van der Waals surface area (Å²) in [5, 5.41) is 3.23. The lowest BCUT2D eigenvalue weighted by molar-refractivity contribution is -0.131. The Bertz CT molecular complexity index is 457. The van der Waals surface area contributed by atoms with Gasteiger partial charge >= 0.3 is 0 Å². The predicted molar refractivity (Wildman–Crippen MR) is 83.6 cm³/mol. The lowest BCUT2D eigenvalue weighted by atomic mass is 10.1. The van der Waals surface area contributed by atoms with E-state index in [-0.39, 0.29) is 5.91 Å². The van der Waals surface area contributed by atoms with Gasteiger partial charge in [0.05, 0.1) is 13.7 Å². The zero-order valence-corrected chi connectivity index (χ0v) is 13.0. The molecular formula is C16H25N3O2. The van der Waals surface area contributed by atoms with Crippen LogP contribution in [0.25, 0.3) is 0 Å². The van der Waals surface area contributed by atoms with Gasteiger partial charge in [0, 0.05) is 26.2 Å². The third kappa shape index (κ3) is 5.02. The van der Waals surface area contributed by atoms with Crippen molar-refractivity contribution in [3.63, 3.8) is 0 Å². The van der Waals surface area contributed by atoms with Gasteiger partial charge in [0.1, 0.15) is 5.75 Å². The van der Waals surface area contributed by atoms with Crippen LogP contribution in [0.15, 0.2) is 24.3 Å². The van der Waals surface area contributed by atoms with Crippen molar-refractivity contribution in [3.05, 3.63) is 29.8 Å². The molecule has 1 aromatic rings. The maximum atomic E-state index is 12.0. The van der Waals surface area contributed by atoms with Gasteiger partial charge in [0.2, 0.25) is 5.91 Å². The molecule has 116 valence electrons.